The summed E-state index contributed by atoms with van der Waals surface area (Å²) < 4.78 is 4.98. The van der Waals surface area contributed by atoms with Gasteiger partial charge in [-0.2, -0.15) is 0 Å². The van der Waals surface area contributed by atoms with E-state index in [1.54, 1.807) is 7.11 Å². The summed E-state index contributed by atoms with van der Waals surface area (Å²) in [5.74, 6) is 1.21. The average Bonchev–Trinajstić information content (AvgIpc) is 2.19. The molecule has 1 aliphatic rings. The van der Waals surface area contributed by atoms with Crippen LogP contribution in [0.25, 0.3) is 0 Å². The van der Waals surface area contributed by atoms with Crippen molar-refractivity contribution >= 4 is 5.84 Å². The van der Waals surface area contributed by atoms with E-state index in [2.05, 4.69) is 10.3 Å². The van der Waals surface area contributed by atoms with Gasteiger partial charge in [0.1, 0.15) is 0 Å². The van der Waals surface area contributed by atoms with Crippen LogP contribution < -0.4 is 5.32 Å². The zero-order chi connectivity index (χ0) is 9.36. The Kier molecular flexibility index (Phi) is 5.57. The number of hydrogen-bond donors (Lipinski definition) is 1. The summed E-state index contributed by atoms with van der Waals surface area (Å²) in [4.78, 5) is 4.42. The van der Waals surface area contributed by atoms with E-state index < -0.39 is 0 Å². The molecule has 0 aromatic rings. The Hall–Kier alpha value is -0.570. The molecule has 0 amide bonds. The van der Waals surface area contributed by atoms with Crippen LogP contribution in [0.3, 0.4) is 0 Å². The van der Waals surface area contributed by atoms with Gasteiger partial charge in [0.25, 0.3) is 0 Å². The molecule has 1 aliphatic heterocycles. The first-order valence-corrected chi connectivity index (χ1v) is 5.19. The summed E-state index contributed by atoms with van der Waals surface area (Å²) in [5, 5.41) is 3.37. The van der Waals surface area contributed by atoms with E-state index >= 15 is 0 Å². The molecular formula is C10H20N2O. The lowest BCUT2D eigenvalue weighted by Gasteiger charge is -2.13. The highest BCUT2D eigenvalue weighted by molar-refractivity contribution is 5.82. The van der Waals surface area contributed by atoms with E-state index in [0.717, 1.165) is 32.5 Å². The standard InChI is InChI=1S/C10H20N2O/c1-13-9-5-4-8-12-10-6-2-3-7-11-10/h2-9H2,1H3,(H,11,12). The molecule has 0 spiro atoms. The van der Waals surface area contributed by atoms with Gasteiger partial charge in [-0.15, -0.1) is 0 Å². The van der Waals surface area contributed by atoms with Crippen LogP contribution in [0.5, 0.6) is 0 Å². The van der Waals surface area contributed by atoms with Crippen LogP contribution in [-0.4, -0.2) is 32.6 Å². The summed E-state index contributed by atoms with van der Waals surface area (Å²) in [6, 6.07) is 0. The molecule has 3 nitrogen and oxygen atoms in total. The molecule has 0 saturated carbocycles. The minimum absolute atomic E-state index is 0.869. The van der Waals surface area contributed by atoms with Gasteiger partial charge in [0.2, 0.25) is 0 Å². The topological polar surface area (TPSA) is 33.6 Å². The maximum absolute atomic E-state index is 4.98. The molecule has 0 saturated heterocycles. The fourth-order valence-electron chi connectivity index (χ4n) is 1.45. The summed E-state index contributed by atoms with van der Waals surface area (Å²) in [6.07, 6.45) is 6.01. The number of rotatable bonds is 5. The Morgan fingerprint density at radius 1 is 1.38 bits per heavy atom. The number of ether oxygens (including phenoxy) is 1. The maximum atomic E-state index is 4.98. The highest BCUT2D eigenvalue weighted by Crippen LogP contribution is 2.03. The van der Waals surface area contributed by atoms with Gasteiger partial charge >= 0.3 is 0 Å². The molecule has 0 fully saturated rings. The highest BCUT2D eigenvalue weighted by Gasteiger charge is 2.02. The van der Waals surface area contributed by atoms with Crippen molar-refractivity contribution in [2.24, 2.45) is 4.99 Å². The molecule has 1 rings (SSSR count). The van der Waals surface area contributed by atoms with Crippen molar-refractivity contribution in [2.45, 2.75) is 32.1 Å². The number of methoxy groups -OCH3 is 1. The minimum atomic E-state index is 0.869. The lowest BCUT2D eigenvalue weighted by Crippen LogP contribution is -2.26. The third-order valence-corrected chi connectivity index (χ3v) is 2.23. The maximum Gasteiger partial charge on any atom is 0.0963 e. The van der Waals surface area contributed by atoms with Crippen LogP contribution in [0.2, 0.25) is 0 Å². The quantitative estimate of drug-likeness (QED) is 0.658. The predicted octanol–water partition coefficient (Wildman–Crippen LogP) is 1.58. The van der Waals surface area contributed by atoms with Gasteiger partial charge in [0, 0.05) is 33.2 Å². The van der Waals surface area contributed by atoms with Gasteiger partial charge in [-0.3, -0.25) is 4.99 Å². The molecule has 0 radical (unpaired) electrons. The predicted molar refractivity (Wildman–Crippen MR) is 55.3 cm³/mol. The smallest absolute Gasteiger partial charge is 0.0963 e. The van der Waals surface area contributed by atoms with Gasteiger partial charge < -0.3 is 10.1 Å². The van der Waals surface area contributed by atoms with Crippen molar-refractivity contribution in [2.75, 3.05) is 26.8 Å². The fraction of sp³-hybridized carbons (Fsp3) is 0.900. The van der Waals surface area contributed by atoms with Gasteiger partial charge in [0.15, 0.2) is 0 Å². The van der Waals surface area contributed by atoms with Crippen LogP contribution in [0.4, 0.5) is 0 Å². The van der Waals surface area contributed by atoms with Gasteiger partial charge in [-0.25, -0.2) is 0 Å². The zero-order valence-corrected chi connectivity index (χ0v) is 8.51. The summed E-state index contributed by atoms with van der Waals surface area (Å²) in [7, 11) is 1.75. The molecule has 3 heteroatoms. The molecule has 1 heterocycles. The second kappa shape index (κ2) is 6.89. The number of hydrogen-bond acceptors (Lipinski definition) is 3. The molecule has 0 bridgehead atoms. The Labute approximate surface area is 80.6 Å². The van der Waals surface area contributed by atoms with E-state index in [0.29, 0.717) is 0 Å². The Bertz CT molecular complexity index is 157. The fourth-order valence-corrected chi connectivity index (χ4v) is 1.45. The molecule has 0 aliphatic carbocycles. The number of amidine groups is 1. The van der Waals surface area contributed by atoms with E-state index in [9.17, 15) is 0 Å². The van der Waals surface area contributed by atoms with Crippen molar-refractivity contribution in [3.05, 3.63) is 0 Å². The van der Waals surface area contributed by atoms with Crippen molar-refractivity contribution in [1.29, 1.82) is 0 Å². The van der Waals surface area contributed by atoms with Crippen molar-refractivity contribution < 1.29 is 4.74 Å². The third kappa shape index (κ3) is 4.88. The van der Waals surface area contributed by atoms with Crippen molar-refractivity contribution in [3.8, 4) is 0 Å². The molecule has 0 unspecified atom stereocenters. The summed E-state index contributed by atoms with van der Waals surface area (Å²) in [5.41, 5.74) is 0. The van der Waals surface area contributed by atoms with Crippen LogP contribution in [-0.2, 0) is 4.74 Å². The van der Waals surface area contributed by atoms with Crippen molar-refractivity contribution in [1.82, 2.24) is 5.32 Å². The molecule has 0 aromatic heterocycles. The molecular weight excluding hydrogens is 164 g/mol. The first-order chi connectivity index (χ1) is 6.43. The normalized spacial score (nSPS) is 16.8. The van der Waals surface area contributed by atoms with E-state index in [1.807, 2.05) is 0 Å². The van der Waals surface area contributed by atoms with Gasteiger partial charge in [-0.1, -0.05) is 0 Å². The highest BCUT2D eigenvalue weighted by atomic mass is 16.5. The molecule has 0 aromatic carbocycles. The number of unbranched alkanes of at least 4 members (excludes halogenated alkanes) is 1. The minimum Gasteiger partial charge on any atom is -0.385 e. The number of aliphatic imine (C=N–C) groups is 1. The second-order valence-electron chi connectivity index (χ2n) is 3.41. The first kappa shape index (κ1) is 10.5. The SMILES string of the molecule is COCCCCNC1=NCCCC1. The molecule has 76 valence electrons. The van der Waals surface area contributed by atoms with Crippen LogP contribution in [0.1, 0.15) is 32.1 Å². The molecule has 0 atom stereocenters. The van der Waals surface area contributed by atoms with Crippen LogP contribution in [0, 0.1) is 0 Å². The zero-order valence-electron chi connectivity index (χ0n) is 8.51. The summed E-state index contributed by atoms with van der Waals surface area (Å²) in [6.45, 7) is 2.93. The van der Waals surface area contributed by atoms with E-state index in [1.165, 1.54) is 25.1 Å². The molecule has 13 heavy (non-hydrogen) atoms. The Morgan fingerprint density at radius 3 is 3.00 bits per heavy atom. The first-order valence-electron chi connectivity index (χ1n) is 5.19. The van der Waals surface area contributed by atoms with Gasteiger partial charge in [0.05, 0.1) is 5.84 Å². The summed E-state index contributed by atoms with van der Waals surface area (Å²) >= 11 is 0. The third-order valence-electron chi connectivity index (χ3n) is 2.23. The van der Waals surface area contributed by atoms with E-state index in [-0.39, 0.29) is 0 Å². The lowest BCUT2D eigenvalue weighted by atomic mass is 10.2. The average molecular weight is 184 g/mol. The van der Waals surface area contributed by atoms with Crippen molar-refractivity contribution in [3.63, 3.8) is 0 Å². The Balaban J connectivity index is 1.95. The van der Waals surface area contributed by atoms with Crippen LogP contribution >= 0.6 is 0 Å². The van der Waals surface area contributed by atoms with E-state index in [4.69, 9.17) is 4.74 Å². The largest absolute Gasteiger partial charge is 0.385 e. The monoisotopic (exact) mass is 184 g/mol. The van der Waals surface area contributed by atoms with Gasteiger partial charge in [-0.05, 0) is 25.7 Å². The second-order valence-corrected chi connectivity index (χ2v) is 3.41. The lowest BCUT2D eigenvalue weighted by molar-refractivity contribution is 0.193. The number of nitrogens with one attached hydrogen (secondary N) is 1. The molecule has 1 N–H and O–H groups in total. The Morgan fingerprint density at radius 2 is 2.31 bits per heavy atom. The number of nitrogens with zero attached hydrogens (tertiary/aromatic N) is 1. The van der Waals surface area contributed by atoms with Crippen LogP contribution in [0.15, 0.2) is 4.99 Å².